The second-order valence-corrected chi connectivity index (χ2v) is 6.11. The summed E-state index contributed by atoms with van der Waals surface area (Å²) in [6, 6.07) is 15.4. The number of aromatic nitrogens is 3. The third kappa shape index (κ3) is 3.50. The summed E-state index contributed by atoms with van der Waals surface area (Å²) in [4.78, 5) is 25.6. The Labute approximate surface area is 163 Å². The number of nitrogens with zero attached hydrogens (tertiary/aromatic N) is 4. The Hall–Kier alpha value is -3.88. The van der Waals surface area contributed by atoms with E-state index in [1.807, 2.05) is 4.98 Å². The zero-order valence-corrected chi connectivity index (χ0v) is 15.3. The number of hydrogen-bond donors (Lipinski definition) is 1. The van der Waals surface area contributed by atoms with Crippen LogP contribution in [0.25, 0.3) is 5.69 Å². The molecule has 0 amide bonds. The van der Waals surface area contributed by atoms with E-state index >= 15 is 0 Å². The maximum atomic E-state index is 12.1. The number of H-pyrrole nitrogens is 1. The highest BCUT2D eigenvalue weighted by Crippen LogP contribution is 2.33. The van der Waals surface area contributed by atoms with Crippen LogP contribution in [0.1, 0.15) is 22.7 Å². The lowest BCUT2D eigenvalue weighted by molar-refractivity contribution is 0.409. The van der Waals surface area contributed by atoms with Crippen LogP contribution in [0, 0.1) is 22.7 Å². The van der Waals surface area contributed by atoms with Gasteiger partial charge in [0.25, 0.3) is 5.56 Å². The Bertz CT molecular complexity index is 1230. The molecule has 9 heteroatoms. The van der Waals surface area contributed by atoms with Crippen LogP contribution in [0.5, 0.6) is 5.75 Å². The Morgan fingerprint density at radius 3 is 2.50 bits per heavy atom. The summed E-state index contributed by atoms with van der Waals surface area (Å²) in [5.41, 5.74) is -0.532. The van der Waals surface area contributed by atoms with E-state index in [9.17, 15) is 14.9 Å². The summed E-state index contributed by atoms with van der Waals surface area (Å²) >= 11 is 5.91. The van der Waals surface area contributed by atoms with Crippen molar-refractivity contribution < 1.29 is 4.74 Å². The second kappa shape index (κ2) is 7.78. The van der Waals surface area contributed by atoms with Crippen LogP contribution in [-0.4, -0.2) is 21.9 Å². The van der Waals surface area contributed by atoms with Crippen molar-refractivity contribution in [2.75, 3.05) is 7.11 Å². The average Bonchev–Trinajstić information content (AvgIpc) is 2.70. The van der Waals surface area contributed by atoms with Gasteiger partial charge in [-0.25, -0.2) is 4.79 Å². The molecule has 8 nitrogen and oxygen atoms in total. The molecule has 1 N–H and O–H groups in total. The summed E-state index contributed by atoms with van der Waals surface area (Å²) in [6.45, 7) is 0. The van der Waals surface area contributed by atoms with E-state index in [0.29, 0.717) is 16.3 Å². The van der Waals surface area contributed by atoms with Gasteiger partial charge in [0.15, 0.2) is 0 Å². The van der Waals surface area contributed by atoms with Crippen LogP contribution in [0.4, 0.5) is 0 Å². The van der Waals surface area contributed by atoms with Crippen molar-refractivity contribution in [2.24, 2.45) is 0 Å². The minimum absolute atomic E-state index is 0.270. The molecule has 0 aliphatic carbocycles. The first-order valence-corrected chi connectivity index (χ1v) is 8.33. The van der Waals surface area contributed by atoms with Crippen LogP contribution < -0.4 is 16.0 Å². The van der Waals surface area contributed by atoms with Crippen LogP contribution in [-0.2, 0) is 0 Å². The molecule has 2 aromatic carbocycles. The summed E-state index contributed by atoms with van der Waals surface area (Å²) in [5, 5.41) is 22.9. The third-order valence-corrected chi connectivity index (χ3v) is 4.29. The molecule has 0 bridgehead atoms. The van der Waals surface area contributed by atoms with Crippen molar-refractivity contribution in [2.45, 2.75) is 5.92 Å². The highest BCUT2D eigenvalue weighted by molar-refractivity contribution is 6.30. The van der Waals surface area contributed by atoms with Gasteiger partial charge in [-0.05, 0) is 23.8 Å². The lowest BCUT2D eigenvalue weighted by atomic mass is 9.91. The number of methoxy groups -OCH3 is 1. The molecule has 1 aromatic heterocycles. The van der Waals surface area contributed by atoms with Gasteiger partial charge in [0.1, 0.15) is 11.8 Å². The Morgan fingerprint density at radius 2 is 1.89 bits per heavy atom. The van der Waals surface area contributed by atoms with Crippen LogP contribution in [0.3, 0.4) is 0 Å². The van der Waals surface area contributed by atoms with Gasteiger partial charge in [-0.3, -0.25) is 9.78 Å². The van der Waals surface area contributed by atoms with Gasteiger partial charge in [0, 0.05) is 16.7 Å². The van der Waals surface area contributed by atoms with E-state index in [-0.39, 0.29) is 5.69 Å². The zero-order chi connectivity index (χ0) is 20.3. The standard InChI is InChI=1S/C19H12ClN5O3/c1-28-17-8-13(25-19(27)23-18(26)16(10-22)24-25)6-7-14(17)15(9-21)11-2-4-12(20)5-3-11/h2-8,15H,1H3,(H,23,26,27). The molecule has 0 radical (unpaired) electrons. The van der Waals surface area contributed by atoms with E-state index in [2.05, 4.69) is 11.2 Å². The number of ether oxygens (including phenoxy) is 1. The number of hydrogen-bond acceptors (Lipinski definition) is 6. The first-order valence-electron chi connectivity index (χ1n) is 7.95. The quantitative estimate of drug-likeness (QED) is 0.723. The molecular weight excluding hydrogens is 382 g/mol. The number of nitrogens with one attached hydrogen (secondary N) is 1. The topological polar surface area (TPSA) is 125 Å². The van der Waals surface area contributed by atoms with E-state index in [1.54, 1.807) is 42.5 Å². The van der Waals surface area contributed by atoms with Crippen LogP contribution in [0.15, 0.2) is 52.1 Å². The van der Waals surface area contributed by atoms with Gasteiger partial charge < -0.3 is 4.74 Å². The molecule has 0 aliphatic rings. The Kier molecular flexibility index (Phi) is 5.25. The number of halogens is 1. The van der Waals surface area contributed by atoms with Gasteiger partial charge >= 0.3 is 5.69 Å². The third-order valence-electron chi connectivity index (χ3n) is 4.04. The van der Waals surface area contributed by atoms with E-state index in [0.717, 1.165) is 10.2 Å². The lowest BCUT2D eigenvalue weighted by Crippen LogP contribution is -2.33. The fourth-order valence-electron chi connectivity index (χ4n) is 2.70. The van der Waals surface area contributed by atoms with Crippen molar-refractivity contribution in [3.63, 3.8) is 0 Å². The lowest BCUT2D eigenvalue weighted by Gasteiger charge is -2.16. The molecule has 0 saturated carbocycles. The fraction of sp³-hybridized carbons (Fsp3) is 0.105. The largest absolute Gasteiger partial charge is 0.496 e. The monoisotopic (exact) mass is 393 g/mol. The minimum atomic E-state index is -0.861. The second-order valence-electron chi connectivity index (χ2n) is 5.67. The van der Waals surface area contributed by atoms with E-state index in [4.69, 9.17) is 21.6 Å². The molecule has 0 fully saturated rings. The summed E-state index contributed by atoms with van der Waals surface area (Å²) in [6.07, 6.45) is 0. The maximum absolute atomic E-state index is 12.1. The Morgan fingerprint density at radius 1 is 1.18 bits per heavy atom. The number of nitriles is 2. The van der Waals surface area contributed by atoms with Gasteiger partial charge in [0.05, 0.1) is 24.8 Å². The number of rotatable bonds is 4. The molecular formula is C19H12ClN5O3. The van der Waals surface area contributed by atoms with Gasteiger partial charge in [-0.2, -0.15) is 15.2 Å². The highest BCUT2D eigenvalue weighted by Gasteiger charge is 2.19. The summed E-state index contributed by atoms with van der Waals surface area (Å²) in [5.74, 6) is -0.284. The summed E-state index contributed by atoms with van der Waals surface area (Å²) < 4.78 is 6.28. The van der Waals surface area contributed by atoms with Crippen molar-refractivity contribution >= 4 is 11.6 Å². The minimum Gasteiger partial charge on any atom is -0.496 e. The first-order chi connectivity index (χ1) is 13.5. The van der Waals surface area contributed by atoms with E-state index < -0.39 is 22.9 Å². The van der Waals surface area contributed by atoms with Crippen molar-refractivity contribution in [1.29, 1.82) is 10.5 Å². The van der Waals surface area contributed by atoms with Crippen molar-refractivity contribution in [1.82, 2.24) is 14.8 Å². The molecule has 3 aromatic rings. The maximum Gasteiger partial charge on any atom is 0.349 e. The molecule has 138 valence electrons. The molecule has 0 spiro atoms. The van der Waals surface area contributed by atoms with Crippen LogP contribution in [0.2, 0.25) is 5.02 Å². The van der Waals surface area contributed by atoms with Crippen LogP contribution >= 0.6 is 11.6 Å². The van der Waals surface area contributed by atoms with Crippen molar-refractivity contribution in [3.8, 4) is 23.6 Å². The predicted octanol–water partition coefficient (Wildman–Crippen LogP) is 2.11. The fourth-order valence-corrected chi connectivity index (χ4v) is 2.82. The number of benzene rings is 2. The van der Waals surface area contributed by atoms with Gasteiger partial charge in [0.2, 0.25) is 5.69 Å². The molecule has 1 atom stereocenters. The first kappa shape index (κ1) is 18.9. The molecule has 1 unspecified atom stereocenters. The van der Waals surface area contributed by atoms with Gasteiger partial charge in [-0.15, -0.1) is 5.10 Å². The zero-order valence-electron chi connectivity index (χ0n) is 14.5. The molecule has 0 aliphatic heterocycles. The average molecular weight is 394 g/mol. The predicted molar refractivity (Wildman–Crippen MR) is 101 cm³/mol. The van der Waals surface area contributed by atoms with E-state index in [1.165, 1.54) is 13.2 Å². The van der Waals surface area contributed by atoms with Crippen molar-refractivity contribution in [3.05, 3.63) is 85.1 Å². The molecule has 1 heterocycles. The molecule has 0 saturated heterocycles. The molecule has 28 heavy (non-hydrogen) atoms. The van der Waals surface area contributed by atoms with Gasteiger partial charge in [-0.1, -0.05) is 29.8 Å². The highest BCUT2D eigenvalue weighted by atomic mass is 35.5. The molecule has 3 rings (SSSR count). The summed E-state index contributed by atoms with van der Waals surface area (Å²) in [7, 11) is 1.43. The number of aromatic amines is 1. The normalized spacial score (nSPS) is 11.3. The Balaban J connectivity index is 2.12. The SMILES string of the molecule is COc1cc(-n2nc(C#N)c(=O)[nH]c2=O)ccc1C(C#N)c1ccc(Cl)cc1. The smallest absolute Gasteiger partial charge is 0.349 e.